The maximum absolute atomic E-state index is 13.3. The molecule has 21 heavy (non-hydrogen) atoms. The number of halogens is 5. The van der Waals surface area contributed by atoms with Crippen LogP contribution in [-0.2, 0) is 6.18 Å². The standard InChI is InChI=1S/C14H11ClF4N2/c1-7-4-13(11(20)6-10(7)16)21-12-3-2-8(15)5-9(12)14(17,18)19/h2-6,21H,20H2,1H3. The van der Waals surface area contributed by atoms with Gasteiger partial charge < -0.3 is 11.1 Å². The highest BCUT2D eigenvalue weighted by atomic mass is 35.5. The number of aryl methyl sites for hydroxylation is 1. The van der Waals surface area contributed by atoms with Crippen LogP contribution in [0.4, 0.5) is 34.6 Å². The normalized spacial score (nSPS) is 11.5. The predicted octanol–water partition coefficient (Wildman–Crippen LogP) is 5.13. The van der Waals surface area contributed by atoms with E-state index in [0.29, 0.717) is 0 Å². The molecule has 0 amide bonds. The molecule has 0 aromatic heterocycles. The molecular weight excluding hydrogens is 308 g/mol. The van der Waals surface area contributed by atoms with Crippen LogP contribution in [0.25, 0.3) is 0 Å². The molecule has 0 aliphatic rings. The second-order valence-electron chi connectivity index (χ2n) is 4.50. The van der Waals surface area contributed by atoms with Crippen LogP contribution in [0, 0.1) is 12.7 Å². The van der Waals surface area contributed by atoms with Crippen LogP contribution in [0.2, 0.25) is 5.02 Å². The summed E-state index contributed by atoms with van der Waals surface area (Å²) in [6.45, 7) is 1.49. The number of anilines is 3. The molecule has 2 rings (SSSR count). The molecule has 0 spiro atoms. The smallest absolute Gasteiger partial charge is 0.397 e. The quantitative estimate of drug-likeness (QED) is 0.595. The Morgan fingerprint density at radius 1 is 1.10 bits per heavy atom. The largest absolute Gasteiger partial charge is 0.418 e. The van der Waals surface area contributed by atoms with Crippen molar-refractivity contribution in [3.63, 3.8) is 0 Å². The zero-order valence-electron chi connectivity index (χ0n) is 10.9. The summed E-state index contributed by atoms with van der Waals surface area (Å²) in [6, 6.07) is 5.74. The summed E-state index contributed by atoms with van der Waals surface area (Å²) in [5.74, 6) is -0.523. The van der Waals surface area contributed by atoms with Gasteiger partial charge in [0.25, 0.3) is 0 Å². The van der Waals surface area contributed by atoms with Gasteiger partial charge in [0.2, 0.25) is 0 Å². The van der Waals surface area contributed by atoms with Crippen LogP contribution in [0.15, 0.2) is 30.3 Å². The Labute approximate surface area is 123 Å². The predicted molar refractivity (Wildman–Crippen MR) is 75.3 cm³/mol. The highest BCUT2D eigenvalue weighted by Gasteiger charge is 2.34. The van der Waals surface area contributed by atoms with E-state index in [1.807, 2.05) is 0 Å². The van der Waals surface area contributed by atoms with Crippen molar-refractivity contribution in [2.45, 2.75) is 13.1 Å². The Kier molecular flexibility index (Phi) is 4.00. The highest BCUT2D eigenvalue weighted by molar-refractivity contribution is 6.30. The number of hydrogen-bond donors (Lipinski definition) is 2. The summed E-state index contributed by atoms with van der Waals surface area (Å²) in [4.78, 5) is 0. The number of nitrogen functional groups attached to an aromatic ring is 1. The van der Waals surface area contributed by atoms with Gasteiger partial charge in [0.1, 0.15) is 5.82 Å². The van der Waals surface area contributed by atoms with Gasteiger partial charge in [-0.15, -0.1) is 0 Å². The molecule has 0 bridgehead atoms. The van der Waals surface area contributed by atoms with Crippen LogP contribution in [0.3, 0.4) is 0 Å². The van der Waals surface area contributed by atoms with E-state index in [0.717, 1.165) is 12.1 Å². The lowest BCUT2D eigenvalue weighted by Crippen LogP contribution is -2.09. The van der Waals surface area contributed by atoms with Gasteiger partial charge in [-0.25, -0.2) is 4.39 Å². The van der Waals surface area contributed by atoms with Crippen molar-refractivity contribution in [3.8, 4) is 0 Å². The van der Waals surface area contributed by atoms with Crippen LogP contribution in [-0.4, -0.2) is 0 Å². The first-order chi connectivity index (χ1) is 9.68. The van der Waals surface area contributed by atoms with Crippen molar-refractivity contribution in [1.82, 2.24) is 0 Å². The molecule has 0 heterocycles. The Balaban J connectivity index is 2.47. The molecule has 2 aromatic rings. The molecule has 3 N–H and O–H groups in total. The van der Waals surface area contributed by atoms with Gasteiger partial charge in [-0.05, 0) is 42.8 Å². The molecule has 2 aromatic carbocycles. The van der Waals surface area contributed by atoms with E-state index < -0.39 is 17.6 Å². The first-order valence-corrected chi connectivity index (χ1v) is 6.25. The van der Waals surface area contributed by atoms with Gasteiger partial charge >= 0.3 is 6.18 Å². The fraction of sp³-hybridized carbons (Fsp3) is 0.143. The highest BCUT2D eigenvalue weighted by Crippen LogP contribution is 2.38. The lowest BCUT2D eigenvalue weighted by Gasteiger charge is -2.16. The second kappa shape index (κ2) is 5.44. The first-order valence-electron chi connectivity index (χ1n) is 5.88. The van der Waals surface area contributed by atoms with Gasteiger partial charge in [0, 0.05) is 5.02 Å². The van der Waals surface area contributed by atoms with Gasteiger partial charge in [0.05, 0.1) is 22.6 Å². The molecular formula is C14H11ClF4N2. The lowest BCUT2D eigenvalue weighted by atomic mass is 10.1. The van der Waals surface area contributed by atoms with E-state index >= 15 is 0 Å². The Hall–Kier alpha value is -1.95. The van der Waals surface area contributed by atoms with E-state index in [4.69, 9.17) is 17.3 Å². The van der Waals surface area contributed by atoms with Crippen LogP contribution in [0.1, 0.15) is 11.1 Å². The molecule has 2 nitrogen and oxygen atoms in total. The zero-order chi connectivity index (χ0) is 15.8. The Bertz CT molecular complexity index is 683. The Morgan fingerprint density at radius 2 is 1.76 bits per heavy atom. The van der Waals surface area contributed by atoms with Crippen LogP contribution < -0.4 is 11.1 Å². The van der Waals surface area contributed by atoms with Crippen molar-refractivity contribution in [2.75, 3.05) is 11.1 Å². The molecule has 0 aliphatic carbocycles. The third kappa shape index (κ3) is 3.39. The van der Waals surface area contributed by atoms with Gasteiger partial charge in [0.15, 0.2) is 0 Å². The van der Waals surface area contributed by atoms with E-state index in [1.165, 1.54) is 25.1 Å². The summed E-state index contributed by atoms with van der Waals surface area (Å²) in [6.07, 6.45) is -4.57. The number of nitrogens with two attached hydrogens (primary N) is 1. The molecule has 112 valence electrons. The zero-order valence-corrected chi connectivity index (χ0v) is 11.6. The average molecular weight is 319 g/mol. The van der Waals surface area contributed by atoms with E-state index in [2.05, 4.69) is 5.32 Å². The number of nitrogens with one attached hydrogen (secondary N) is 1. The van der Waals surface area contributed by atoms with Crippen LogP contribution >= 0.6 is 11.6 Å². The third-order valence-corrected chi connectivity index (χ3v) is 3.12. The monoisotopic (exact) mass is 318 g/mol. The molecule has 0 unspecified atom stereocenters. The Morgan fingerprint density at radius 3 is 2.38 bits per heavy atom. The average Bonchev–Trinajstić information content (AvgIpc) is 2.36. The molecule has 0 fully saturated rings. The van der Waals surface area contributed by atoms with E-state index in [-0.39, 0.29) is 27.6 Å². The third-order valence-electron chi connectivity index (χ3n) is 2.89. The summed E-state index contributed by atoms with van der Waals surface area (Å²) in [5, 5.41) is 2.54. The molecule has 7 heteroatoms. The summed E-state index contributed by atoms with van der Waals surface area (Å²) < 4.78 is 52.3. The minimum Gasteiger partial charge on any atom is -0.397 e. The van der Waals surface area contributed by atoms with Gasteiger partial charge in [-0.3, -0.25) is 0 Å². The molecule has 0 saturated carbocycles. The fourth-order valence-corrected chi connectivity index (χ4v) is 1.98. The maximum atomic E-state index is 13.3. The van der Waals surface area contributed by atoms with Crippen molar-refractivity contribution in [1.29, 1.82) is 0 Å². The summed E-state index contributed by atoms with van der Waals surface area (Å²) >= 11 is 5.60. The number of hydrogen-bond acceptors (Lipinski definition) is 2. The fourth-order valence-electron chi connectivity index (χ4n) is 1.81. The van der Waals surface area contributed by atoms with E-state index in [9.17, 15) is 17.6 Å². The summed E-state index contributed by atoms with van der Waals surface area (Å²) in [7, 11) is 0. The molecule has 0 saturated heterocycles. The number of rotatable bonds is 2. The molecule has 0 aliphatic heterocycles. The van der Waals surface area contributed by atoms with Gasteiger partial charge in [-0.2, -0.15) is 13.2 Å². The minimum absolute atomic E-state index is 0.0150. The van der Waals surface area contributed by atoms with E-state index in [1.54, 1.807) is 0 Å². The molecule has 0 atom stereocenters. The second-order valence-corrected chi connectivity index (χ2v) is 4.94. The number of benzene rings is 2. The summed E-state index contributed by atoms with van der Waals surface area (Å²) in [5.41, 5.74) is 4.98. The van der Waals surface area contributed by atoms with Crippen LogP contribution in [0.5, 0.6) is 0 Å². The van der Waals surface area contributed by atoms with Gasteiger partial charge in [-0.1, -0.05) is 11.6 Å². The van der Waals surface area contributed by atoms with Crippen molar-refractivity contribution in [3.05, 3.63) is 52.3 Å². The lowest BCUT2D eigenvalue weighted by molar-refractivity contribution is -0.136. The first kappa shape index (κ1) is 15.4. The SMILES string of the molecule is Cc1cc(Nc2ccc(Cl)cc2C(F)(F)F)c(N)cc1F. The van der Waals surface area contributed by atoms with Crippen molar-refractivity contribution >= 4 is 28.7 Å². The number of alkyl halides is 3. The van der Waals surface area contributed by atoms with Crippen molar-refractivity contribution < 1.29 is 17.6 Å². The van der Waals surface area contributed by atoms with Crippen molar-refractivity contribution in [2.24, 2.45) is 0 Å². The minimum atomic E-state index is -4.57. The maximum Gasteiger partial charge on any atom is 0.418 e. The topological polar surface area (TPSA) is 38.0 Å². The molecule has 0 radical (unpaired) electrons.